The molecule has 1 amide bonds. The lowest BCUT2D eigenvalue weighted by atomic mass is 10.2. The Morgan fingerprint density at radius 2 is 2.15 bits per heavy atom. The molecule has 0 saturated heterocycles. The fourth-order valence-electron chi connectivity index (χ4n) is 1.55. The third-order valence-corrected chi connectivity index (χ3v) is 3.86. The summed E-state index contributed by atoms with van der Waals surface area (Å²) in [5.74, 6) is -0.844. The number of amides is 1. The summed E-state index contributed by atoms with van der Waals surface area (Å²) in [6.07, 6.45) is 0. The van der Waals surface area contributed by atoms with Gasteiger partial charge in [0, 0.05) is 10.2 Å². The molecule has 0 radical (unpaired) electrons. The Morgan fingerprint density at radius 3 is 2.80 bits per heavy atom. The molecular formula is C14H12BrNO3S. The fourth-order valence-corrected chi connectivity index (χ4v) is 2.64. The maximum atomic E-state index is 11.7. The lowest BCUT2D eigenvalue weighted by Crippen LogP contribution is -2.21. The molecule has 20 heavy (non-hydrogen) atoms. The minimum absolute atomic E-state index is 0.299. The van der Waals surface area contributed by atoms with E-state index in [-0.39, 0.29) is 12.5 Å². The van der Waals surface area contributed by atoms with Gasteiger partial charge in [0.1, 0.15) is 4.88 Å². The van der Waals surface area contributed by atoms with Crippen LogP contribution in [0.1, 0.15) is 15.2 Å². The van der Waals surface area contributed by atoms with Crippen molar-refractivity contribution < 1.29 is 14.3 Å². The molecule has 0 aliphatic carbocycles. The van der Waals surface area contributed by atoms with Crippen LogP contribution in [0.5, 0.6) is 0 Å². The monoisotopic (exact) mass is 353 g/mol. The molecule has 0 unspecified atom stereocenters. The molecule has 1 aromatic carbocycles. The van der Waals surface area contributed by atoms with Crippen molar-refractivity contribution in [2.24, 2.45) is 0 Å². The van der Waals surface area contributed by atoms with Gasteiger partial charge in [0.15, 0.2) is 6.61 Å². The standard InChI is InChI=1S/C14H12BrNO3S/c1-9-7-10(15)4-5-11(9)16-13(17)8-19-14(18)12-3-2-6-20-12/h2-7H,8H2,1H3,(H,16,17). The minimum Gasteiger partial charge on any atom is -0.451 e. The van der Waals surface area contributed by atoms with Gasteiger partial charge in [-0.25, -0.2) is 4.79 Å². The van der Waals surface area contributed by atoms with Crippen molar-refractivity contribution in [2.75, 3.05) is 11.9 Å². The van der Waals surface area contributed by atoms with Crippen LogP contribution in [0.25, 0.3) is 0 Å². The number of hydrogen-bond donors (Lipinski definition) is 1. The number of carbonyl (C=O) groups is 2. The molecular weight excluding hydrogens is 342 g/mol. The molecule has 6 heteroatoms. The number of nitrogens with one attached hydrogen (secondary N) is 1. The average molecular weight is 354 g/mol. The summed E-state index contributed by atoms with van der Waals surface area (Å²) in [5.41, 5.74) is 1.63. The quantitative estimate of drug-likeness (QED) is 0.854. The predicted molar refractivity (Wildman–Crippen MR) is 82.1 cm³/mol. The molecule has 0 spiro atoms. The van der Waals surface area contributed by atoms with Crippen molar-refractivity contribution in [1.29, 1.82) is 0 Å². The molecule has 1 aromatic heterocycles. The van der Waals surface area contributed by atoms with E-state index in [0.717, 1.165) is 10.0 Å². The van der Waals surface area contributed by atoms with Crippen LogP contribution in [-0.4, -0.2) is 18.5 Å². The van der Waals surface area contributed by atoms with Crippen LogP contribution in [-0.2, 0) is 9.53 Å². The predicted octanol–water partition coefficient (Wildman–Crippen LogP) is 3.61. The molecule has 0 aliphatic rings. The van der Waals surface area contributed by atoms with E-state index in [2.05, 4.69) is 21.2 Å². The van der Waals surface area contributed by atoms with E-state index in [9.17, 15) is 9.59 Å². The van der Waals surface area contributed by atoms with Crippen LogP contribution in [0, 0.1) is 6.92 Å². The second kappa shape index (κ2) is 6.67. The highest BCUT2D eigenvalue weighted by molar-refractivity contribution is 9.10. The fraction of sp³-hybridized carbons (Fsp3) is 0.143. The van der Waals surface area contributed by atoms with Crippen molar-refractivity contribution in [2.45, 2.75) is 6.92 Å². The van der Waals surface area contributed by atoms with Crippen LogP contribution < -0.4 is 5.32 Å². The largest absolute Gasteiger partial charge is 0.451 e. The highest BCUT2D eigenvalue weighted by atomic mass is 79.9. The summed E-state index contributed by atoms with van der Waals surface area (Å²) in [5, 5.41) is 4.48. The summed E-state index contributed by atoms with van der Waals surface area (Å²) in [7, 11) is 0. The smallest absolute Gasteiger partial charge is 0.348 e. The van der Waals surface area contributed by atoms with Gasteiger partial charge < -0.3 is 10.1 Å². The SMILES string of the molecule is Cc1cc(Br)ccc1NC(=O)COC(=O)c1cccs1. The minimum atomic E-state index is -0.484. The van der Waals surface area contributed by atoms with Gasteiger partial charge >= 0.3 is 5.97 Å². The van der Waals surface area contributed by atoms with E-state index < -0.39 is 5.97 Å². The first-order chi connectivity index (χ1) is 9.56. The maximum Gasteiger partial charge on any atom is 0.348 e. The molecule has 0 atom stereocenters. The van der Waals surface area contributed by atoms with Crippen molar-refractivity contribution in [3.8, 4) is 0 Å². The van der Waals surface area contributed by atoms with Crippen molar-refractivity contribution in [1.82, 2.24) is 0 Å². The van der Waals surface area contributed by atoms with Crippen LogP contribution in [0.15, 0.2) is 40.2 Å². The van der Waals surface area contributed by atoms with Gasteiger partial charge in [0.2, 0.25) is 0 Å². The van der Waals surface area contributed by atoms with E-state index in [1.54, 1.807) is 23.6 Å². The van der Waals surface area contributed by atoms with Gasteiger partial charge in [-0.05, 0) is 42.1 Å². The van der Waals surface area contributed by atoms with Crippen LogP contribution in [0.4, 0.5) is 5.69 Å². The summed E-state index contributed by atoms with van der Waals surface area (Å²) in [6.45, 7) is 1.59. The van der Waals surface area contributed by atoms with E-state index in [4.69, 9.17) is 4.74 Å². The summed E-state index contributed by atoms with van der Waals surface area (Å²) in [4.78, 5) is 23.8. The zero-order valence-electron chi connectivity index (χ0n) is 10.7. The molecule has 0 saturated carbocycles. The molecule has 4 nitrogen and oxygen atoms in total. The molecule has 2 aromatic rings. The third kappa shape index (κ3) is 3.91. The Hall–Kier alpha value is -1.66. The van der Waals surface area contributed by atoms with Crippen LogP contribution >= 0.6 is 27.3 Å². The zero-order valence-corrected chi connectivity index (χ0v) is 13.1. The number of anilines is 1. The maximum absolute atomic E-state index is 11.7. The van der Waals surface area contributed by atoms with Gasteiger partial charge in [-0.3, -0.25) is 4.79 Å². The average Bonchev–Trinajstić information content (AvgIpc) is 2.93. The number of aryl methyl sites for hydroxylation is 1. The summed E-state index contributed by atoms with van der Waals surface area (Å²) >= 11 is 4.63. The van der Waals surface area contributed by atoms with Gasteiger partial charge in [-0.1, -0.05) is 22.0 Å². The Kier molecular flexibility index (Phi) is 4.92. The van der Waals surface area contributed by atoms with Gasteiger partial charge in [-0.15, -0.1) is 11.3 Å². The van der Waals surface area contributed by atoms with E-state index in [1.807, 2.05) is 19.1 Å². The van der Waals surface area contributed by atoms with Gasteiger partial charge in [0.25, 0.3) is 5.91 Å². The highest BCUT2D eigenvalue weighted by Gasteiger charge is 2.11. The Morgan fingerprint density at radius 1 is 1.35 bits per heavy atom. The normalized spacial score (nSPS) is 10.1. The lowest BCUT2D eigenvalue weighted by Gasteiger charge is -2.09. The molecule has 1 heterocycles. The molecule has 104 valence electrons. The second-order valence-corrected chi connectivity index (χ2v) is 5.92. The van der Waals surface area contributed by atoms with Crippen molar-refractivity contribution in [3.05, 3.63) is 50.6 Å². The first-order valence-electron chi connectivity index (χ1n) is 5.83. The first-order valence-corrected chi connectivity index (χ1v) is 7.50. The number of ether oxygens (including phenoxy) is 1. The highest BCUT2D eigenvalue weighted by Crippen LogP contribution is 2.20. The number of halogens is 1. The molecule has 0 fully saturated rings. The number of esters is 1. The summed E-state index contributed by atoms with van der Waals surface area (Å²) in [6, 6.07) is 8.93. The number of thiophene rings is 1. The summed E-state index contributed by atoms with van der Waals surface area (Å²) < 4.78 is 5.88. The van der Waals surface area contributed by atoms with E-state index >= 15 is 0 Å². The first kappa shape index (κ1) is 14.7. The number of benzene rings is 1. The van der Waals surface area contributed by atoms with Crippen molar-refractivity contribution >= 4 is 44.8 Å². The molecule has 0 aliphatic heterocycles. The Balaban J connectivity index is 1.88. The number of rotatable bonds is 4. The number of carbonyl (C=O) groups excluding carboxylic acids is 2. The van der Waals surface area contributed by atoms with Crippen LogP contribution in [0.2, 0.25) is 0 Å². The van der Waals surface area contributed by atoms with E-state index in [0.29, 0.717) is 10.6 Å². The topological polar surface area (TPSA) is 55.4 Å². The number of hydrogen-bond acceptors (Lipinski definition) is 4. The zero-order chi connectivity index (χ0) is 14.5. The van der Waals surface area contributed by atoms with Gasteiger partial charge in [-0.2, -0.15) is 0 Å². The van der Waals surface area contributed by atoms with Crippen LogP contribution in [0.3, 0.4) is 0 Å². The second-order valence-electron chi connectivity index (χ2n) is 4.06. The van der Waals surface area contributed by atoms with Crippen molar-refractivity contribution in [3.63, 3.8) is 0 Å². The Labute approximate surface area is 128 Å². The molecule has 1 N–H and O–H groups in total. The molecule has 2 rings (SSSR count). The lowest BCUT2D eigenvalue weighted by molar-refractivity contribution is -0.119. The third-order valence-electron chi connectivity index (χ3n) is 2.52. The van der Waals surface area contributed by atoms with E-state index in [1.165, 1.54) is 11.3 Å². The van der Waals surface area contributed by atoms with Gasteiger partial charge in [0.05, 0.1) is 0 Å². The Bertz CT molecular complexity index is 625. The molecule has 0 bridgehead atoms.